The van der Waals surface area contributed by atoms with Gasteiger partial charge in [0.1, 0.15) is 17.0 Å². The van der Waals surface area contributed by atoms with Crippen LogP contribution >= 0.6 is 23.2 Å². The van der Waals surface area contributed by atoms with Gasteiger partial charge in [-0.15, -0.1) is 0 Å². The smallest absolute Gasteiger partial charge is 0.261 e. The van der Waals surface area contributed by atoms with Crippen molar-refractivity contribution in [2.24, 2.45) is 0 Å². The van der Waals surface area contributed by atoms with Gasteiger partial charge in [0, 0.05) is 30.8 Å². The Morgan fingerprint density at radius 3 is 2.72 bits per heavy atom. The summed E-state index contributed by atoms with van der Waals surface area (Å²) in [6.45, 7) is 4.59. The number of hydrogen-bond acceptors (Lipinski definition) is 5. The average molecular weight is 473 g/mol. The van der Waals surface area contributed by atoms with E-state index in [1.54, 1.807) is 54.3 Å². The predicted octanol–water partition coefficient (Wildman–Crippen LogP) is 4.64. The summed E-state index contributed by atoms with van der Waals surface area (Å²) in [7, 11) is 0. The molecule has 7 nitrogen and oxygen atoms in total. The largest absolute Gasteiger partial charge is 0.360 e. The minimum atomic E-state index is -0.454. The van der Waals surface area contributed by atoms with Crippen LogP contribution < -0.4 is 10.6 Å². The van der Waals surface area contributed by atoms with Gasteiger partial charge in [-0.25, -0.2) is 0 Å². The molecule has 0 radical (unpaired) electrons. The molecule has 1 aliphatic heterocycles. The fourth-order valence-corrected chi connectivity index (χ4v) is 4.04. The molecule has 0 unspecified atom stereocenters. The van der Waals surface area contributed by atoms with E-state index in [0.29, 0.717) is 51.4 Å². The first-order chi connectivity index (χ1) is 15.5. The minimum absolute atomic E-state index is 0.0984. The van der Waals surface area contributed by atoms with Gasteiger partial charge in [-0.3, -0.25) is 9.59 Å². The Morgan fingerprint density at radius 1 is 1.09 bits per heavy atom. The van der Waals surface area contributed by atoms with Crippen molar-refractivity contribution in [2.45, 2.75) is 13.3 Å². The number of nitrogens with one attached hydrogen (secondary N) is 2. The Balaban J connectivity index is 1.61. The quantitative estimate of drug-likeness (QED) is 0.577. The zero-order valence-electron chi connectivity index (χ0n) is 17.5. The summed E-state index contributed by atoms with van der Waals surface area (Å²) >= 11 is 12.6. The molecular weight excluding hydrogens is 451 g/mol. The molecule has 3 aromatic rings. The van der Waals surface area contributed by atoms with Gasteiger partial charge < -0.3 is 20.1 Å². The molecule has 4 rings (SSSR count). The Hall–Kier alpha value is -2.87. The first-order valence-corrected chi connectivity index (χ1v) is 11.0. The van der Waals surface area contributed by atoms with Crippen LogP contribution in [-0.4, -0.2) is 48.0 Å². The number of carbonyl (C=O) groups is 2. The number of rotatable bonds is 4. The molecule has 0 saturated carbocycles. The van der Waals surface area contributed by atoms with Crippen molar-refractivity contribution < 1.29 is 14.1 Å². The summed E-state index contributed by atoms with van der Waals surface area (Å²) in [5.41, 5.74) is 1.97. The molecule has 1 fully saturated rings. The molecule has 1 aromatic heterocycles. The third-order valence-corrected chi connectivity index (χ3v) is 5.97. The third kappa shape index (κ3) is 4.65. The van der Waals surface area contributed by atoms with E-state index >= 15 is 0 Å². The van der Waals surface area contributed by atoms with Gasteiger partial charge in [0.15, 0.2) is 0 Å². The van der Waals surface area contributed by atoms with Crippen molar-refractivity contribution in [1.29, 1.82) is 0 Å². The van der Waals surface area contributed by atoms with Crippen LogP contribution in [0.4, 0.5) is 5.69 Å². The lowest BCUT2D eigenvalue weighted by atomic mass is 10.1. The van der Waals surface area contributed by atoms with E-state index < -0.39 is 5.91 Å². The van der Waals surface area contributed by atoms with E-state index in [1.165, 1.54) is 0 Å². The molecular formula is C23H22Cl2N4O3. The van der Waals surface area contributed by atoms with Crippen LogP contribution in [0, 0.1) is 6.92 Å². The van der Waals surface area contributed by atoms with E-state index in [-0.39, 0.29) is 11.5 Å². The highest BCUT2D eigenvalue weighted by atomic mass is 35.5. The van der Waals surface area contributed by atoms with E-state index in [9.17, 15) is 9.59 Å². The van der Waals surface area contributed by atoms with E-state index in [4.69, 9.17) is 27.7 Å². The molecule has 32 heavy (non-hydrogen) atoms. The van der Waals surface area contributed by atoms with Gasteiger partial charge in [0.2, 0.25) is 0 Å². The Kier molecular flexibility index (Phi) is 6.79. The molecule has 2 N–H and O–H groups in total. The number of nitrogens with zero attached hydrogens (tertiary/aromatic N) is 2. The molecule has 166 valence electrons. The second-order valence-electron chi connectivity index (χ2n) is 7.49. The van der Waals surface area contributed by atoms with Crippen LogP contribution in [0.25, 0.3) is 11.3 Å². The van der Waals surface area contributed by atoms with E-state index in [1.807, 2.05) is 0 Å². The summed E-state index contributed by atoms with van der Waals surface area (Å²) in [6, 6.07) is 11.9. The number of anilines is 1. The average Bonchev–Trinajstić information content (AvgIpc) is 2.98. The zero-order chi connectivity index (χ0) is 22.7. The number of carbonyl (C=O) groups excluding carboxylic acids is 2. The van der Waals surface area contributed by atoms with E-state index in [2.05, 4.69) is 15.8 Å². The first kappa shape index (κ1) is 22.3. The summed E-state index contributed by atoms with van der Waals surface area (Å²) in [4.78, 5) is 27.9. The fraction of sp³-hybridized carbons (Fsp3) is 0.261. The summed E-state index contributed by atoms with van der Waals surface area (Å²) in [5.74, 6) is -0.208. The Labute approximate surface area is 195 Å². The van der Waals surface area contributed by atoms with Gasteiger partial charge in [0.05, 0.1) is 15.7 Å². The second-order valence-corrected chi connectivity index (χ2v) is 8.30. The molecule has 1 saturated heterocycles. The highest BCUT2D eigenvalue weighted by Crippen LogP contribution is 2.32. The van der Waals surface area contributed by atoms with Crippen molar-refractivity contribution >= 4 is 40.7 Å². The Bertz CT molecular complexity index is 1150. The fourth-order valence-electron chi connectivity index (χ4n) is 3.65. The van der Waals surface area contributed by atoms with Gasteiger partial charge >= 0.3 is 0 Å². The number of aryl methyl sites for hydroxylation is 1. The first-order valence-electron chi connectivity index (χ1n) is 10.3. The van der Waals surface area contributed by atoms with Crippen molar-refractivity contribution in [3.63, 3.8) is 0 Å². The van der Waals surface area contributed by atoms with Gasteiger partial charge in [-0.1, -0.05) is 46.6 Å². The van der Waals surface area contributed by atoms with Crippen LogP contribution in [0.5, 0.6) is 0 Å². The molecule has 9 heteroatoms. The lowest BCUT2D eigenvalue weighted by molar-refractivity contribution is 0.0766. The molecule has 2 aromatic carbocycles. The Morgan fingerprint density at radius 2 is 1.91 bits per heavy atom. The number of hydrogen-bond donors (Lipinski definition) is 2. The van der Waals surface area contributed by atoms with Gasteiger partial charge in [0.25, 0.3) is 11.8 Å². The molecule has 0 atom stereocenters. The number of halogens is 2. The normalized spacial score (nSPS) is 14.2. The SMILES string of the molecule is Cc1onc(-c2ccccc2Cl)c1C(=O)Nc1cc(C(=O)N2CCCNCC2)ccc1Cl. The molecule has 0 aliphatic carbocycles. The summed E-state index contributed by atoms with van der Waals surface area (Å²) < 4.78 is 5.28. The van der Waals surface area contributed by atoms with Crippen LogP contribution in [0.3, 0.4) is 0 Å². The lowest BCUT2D eigenvalue weighted by Crippen LogP contribution is -2.34. The highest BCUT2D eigenvalue weighted by Gasteiger charge is 2.24. The van der Waals surface area contributed by atoms with Crippen LogP contribution in [0.1, 0.15) is 32.9 Å². The lowest BCUT2D eigenvalue weighted by Gasteiger charge is -2.20. The summed E-state index contributed by atoms with van der Waals surface area (Å²) in [6.07, 6.45) is 0.889. The molecule has 0 spiro atoms. The predicted molar refractivity (Wildman–Crippen MR) is 124 cm³/mol. The van der Waals surface area contributed by atoms with Crippen LogP contribution in [0.2, 0.25) is 10.0 Å². The minimum Gasteiger partial charge on any atom is -0.360 e. The zero-order valence-corrected chi connectivity index (χ0v) is 19.0. The van der Waals surface area contributed by atoms with Crippen molar-refractivity contribution in [3.8, 4) is 11.3 Å². The number of benzene rings is 2. The number of amides is 2. The third-order valence-electron chi connectivity index (χ3n) is 5.31. The van der Waals surface area contributed by atoms with Gasteiger partial charge in [-0.2, -0.15) is 0 Å². The van der Waals surface area contributed by atoms with Gasteiger partial charge in [-0.05, 0) is 44.2 Å². The maximum absolute atomic E-state index is 13.2. The van der Waals surface area contributed by atoms with Crippen molar-refractivity contribution in [3.05, 3.63) is 69.4 Å². The molecule has 1 aliphatic rings. The maximum Gasteiger partial charge on any atom is 0.261 e. The van der Waals surface area contributed by atoms with E-state index in [0.717, 1.165) is 19.5 Å². The topological polar surface area (TPSA) is 87.5 Å². The molecule has 2 amide bonds. The summed E-state index contributed by atoms with van der Waals surface area (Å²) in [5, 5.41) is 10.9. The second kappa shape index (κ2) is 9.73. The standard InChI is InChI=1S/C23H22Cl2N4O3/c1-14-20(21(28-32-14)16-5-2-3-6-17(16)24)22(30)27-19-13-15(7-8-18(19)25)23(31)29-11-4-9-26-10-12-29/h2-3,5-8,13,26H,4,9-12H2,1H3,(H,27,30). The number of aromatic nitrogens is 1. The van der Waals surface area contributed by atoms with Crippen molar-refractivity contribution in [2.75, 3.05) is 31.5 Å². The molecule has 2 heterocycles. The van der Waals surface area contributed by atoms with Crippen LogP contribution in [0.15, 0.2) is 47.0 Å². The molecule has 0 bridgehead atoms. The van der Waals surface area contributed by atoms with Crippen molar-refractivity contribution in [1.82, 2.24) is 15.4 Å². The highest BCUT2D eigenvalue weighted by molar-refractivity contribution is 6.34. The van der Waals surface area contributed by atoms with Crippen LogP contribution in [-0.2, 0) is 0 Å². The maximum atomic E-state index is 13.2. The monoisotopic (exact) mass is 472 g/mol.